The van der Waals surface area contributed by atoms with E-state index in [2.05, 4.69) is 27.5 Å². The highest BCUT2D eigenvalue weighted by Crippen LogP contribution is 2.30. The summed E-state index contributed by atoms with van der Waals surface area (Å²) in [7, 11) is -3.59. The number of nitrogens with zero attached hydrogens (tertiary/aromatic N) is 2. The predicted octanol–water partition coefficient (Wildman–Crippen LogP) is 3.89. The van der Waals surface area contributed by atoms with Crippen molar-refractivity contribution in [1.82, 2.24) is 9.80 Å². The fraction of sp³-hybridized carbons (Fsp3) is 0.500. The number of piperazine rings is 1. The number of sulfonamides is 1. The zero-order valence-electron chi connectivity index (χ0n) is 18.1. The average molecular weight is 428 g/mol. The number of hydrogen-bond donors (Lipinski definition) is 1. The van der Waals surface area contributed by atoms with Gasteiger partial charge in [0.15, 0.2) is 0 Å². The van der Waals surface area contributed by atoms with Crippen LogP contribution in [0.5, 0.6) is 0 Å². The van der Waals surface area contributed by atoms with Crippen LogP contribution in [0.2, 0.25) is 0 Å². The Labute approximate surface area is 181 Å². The highest BCUT2D eigenvalue weighted by Gasteiger charge is 2.26. The molecule has 1 saturated heterocycles. The molecular weight excluding hydrogens is 394 g/mol. The minimum absolute atomic E-state index is 0.302. The van der Waals surface area contributed by atoms with Gasteiger partial charge in [0, 0.05) is 39.3 Å². The van der Waals surface area contributed by atoms with Gasteiger partial charge in [-0.1, -0.05) is 31.2 Å². The SMILES string of the molecule is CCc1ccc(S(=O)(=O)Nc2cc(CN3CCN(CC4CC4)CC3)ccc2C)cc1. The van der Waals surface area contributed by atoms with E-state index in [9.17, 15) is 8.42 Å². The Hall–Kier alpha value is -1.89. The lowest BCUT2D eigenvalue weighted by Gasteiger charge is -2.34. The molecule has 2 aromatic carbocycles. The van der Waals surface area contributed by atoms with Crippen LogP contribution in [0.4, 0.5) is 5.69 Å². The fourth-order valence-corrected chi connectivity index (χ4v) is 5.16. The molecule has 1 N–H and O–H groups in total. The van der Waals surface area contributed by atoms with Crippen molar-refractivity contribution in [2.45, 2.75) is 44.6 Å². The summed E-state index contributed by atoms with van der Waals surface area (Å²) in [6.45, 7) is 10.5. The minimum Gasteiger partial charge on any atom is -0.301 e. The number of aryl methyl sites for hydroxylation is 2. The van der Waals surface area contributed by atoms with Crippen LogP contribution in [0, 0.1) is 12.8 Å². The van der Waals surface area contributed by atoms with Crippen LogP contribution in [0.3, 0.4) is 0 Å². The molecule has 0 aromatic heterocycles. The van der Waals surface area contributed by atoms with Gasteiger partial charge in [0.25, 0.3) is 10.0 Å². The summed E-state index contributed by atoms with van der Waals surface area (Å²) in [4.78, 5) is 5.36. The van der Waals surface area contributed by atoms with Gasteiger partial charge in [0.2, 0.25) is 0 Å². The molecule has 2 aromatic rings. The van der Waals surface area contributed by atoms with Crippen LogP contribution in [0.25, 0.3) is 0 Å². The Morgan fingerprint density at radius 2 is 1.57 bits per heavy atom. The van der Waals surface area contributed by atoms with Crippen molar-refractivity contribution in [2.75, 3.05) is 37.4 Å². The molecule has 0 bridgehead atoms. The van der Waals surface area contributed by atoms with Gasteiger partial charge in [-0.15, -0.1) is 0 Å². The Balaban J connectivity index is 1.40. The molecule has 0 unspecified atom stereocenters. The zero-order valence-corrected chi connectivity index (χ0v) is 18.9. The molecule has 162 valence electrons. The van der Waals surface area contributed by atoms with Crippen molar-refractivity contribution >= 4 is 15.7 Å². The minimum atomic E-state index is -3.59. The highest BCUT2D eigenvalue weighted by molar-refractivity contribution is 7.92. The monoisotopic (exact) mass is 427 g/mol. The molecule has 2 fully saturated rings. The van der Waals surface area contributed by atoms with Crippen molar-refractivity contribution in [3.05, 3.63) is 59.2 Å². The van der Waals surface area contributed by atoms with E-state index in [-0.39, 0.29) is 0 Å². The van der Waals surface area contributed by atoms with Gasteiger partial charge >= 0.3 is 0 Å². The van der Waals surface area contributed by atoms with Crippen LogP contribution >= 0.6 is 0 Å². The average Bonchev–Trinajstić information content (AvgIpc) is 3.56. The van der Waals surface area contributed by atoms with Gasteiger partial charge in [0.1, 0.15) is 0 Å². The van der Waals surface area contributed by atoms with E-state index in [1.165, 1.54) is 19.4 Å². The lowest BCUT2D eigenvalue weighted by atomic mass is 10.1. The number of benzene rings is 2. The van der Waals surface area contributed by atoms with Crippen molar-refractivity contribution in [3.8, 4) is 0 Å². The van der Waals surface area contributed by atoms with Crippen LogP contribution in [0.15, 0.2) is 47.4 Å². The molecule has 6 heteroatoms. The van der Waals surface area contributed by atoms with E-state index in [1.807, 2.05) is 31.2 Å². The first-order chi connectivity index (χ1) is 14.4. The first kappa shape index (κ1) is 21.3. The molecular formula is C24H33N3O2S. The van der Waals surface area contributed by atoms with Gasteiger partial charge in [-0.05, 0) is 67.0 Å². The van der Waals surface area contributed by atoms with Crippen LogP contribution in [0.1, 0.15) is 36.5 Å². The maximum atomic E-state index is 12.9. The topological polar surface area (TPSA) is 52.7 Å². The molecule has 0 amide bonds. The summed E-state index contributed by atoms with van der Waals surface area (Å²) < 4.78 is 28.5. The smallest absolute Gasteiger partial charge is 0.261 e. The Morgan fingerprint density at radius 1 is 0.933 bits per heavy atom. The number of anilines is 1. The van der Waals surface area contributed by atoms with Gasteiger partial charge in [-0.3, -0.25) is 9.62 Å². The molecule has 1 aliphatic heterocycles. The molecule has 1 heterocycles. The third-order valence-corrected chi connectivity index (χ3v) is 7.65. The van der Waals surface area contributed by atoms with Gasteiger partial charge in [-0.25, -0.2) is 8.42 Å². The highest BCUT2D eigenvalue weighted by atomic mass is 32.2. The van der Waals surface area contributed by atoms with Crippen LogP contribution < -0.4 is 4.72 Å². The van der Waals surface area contributed by atoms with Gasteiger partial charge < -0.3 is 4.90 Å². The third-order valence-electron chi connectivity index (χ3n) is 6.27. The van der Waals surface area contributed by atoms with Gasteiger partial charge in [0.05, 0.1) is 10.6 Å². The summed E-state index contributed by atoms with van der Waals surface area (Å²) in [6.07, 6.45) is 3.71. The maximum absolute atomic E-state index is 12.9. The molecule has 5 nitrogen and oxygen atoms in total. The van der Waals surface area contributed by atoms with Crippen molar-refractivity contribution in [3.63, 3.8) is 0 Å². The van der Waals surface area contributed by atoms with Crippen LogP contribution in [-0.4, -0.2) is 50.9 Å². The molecule has 1 aliphatic carbocycles. The molecule has 4 rings (SSSR count). The predicted molar refractivity (Wildman–Crippen MR) is 122 cm³/mol. The van der Waals surface area contributed by atoms with E-state index in [0.717, 1.165) is 61.8 Å². The molecule has 2 aliphatic rings. The second-order valence-corrected chi connectivity index (χ2v) is 10.5. The Kier molecular flexibility index (Phi) is 6.46. The first-order valence-electron chi connectivity index (χ1n) is 11.1. The van der Waals surface area contributed by atoms with Crippen LogP contribution in [-0.2, 0) is 23.0 Å². The number of nitrogens with one attached hydrogen (secondary N) is 1. The summed E-state index contributed by atoms with van der Waals surface area (Å²) in [5, 5.41) is 0. The molecule has 0 spiro atoms. The van der Waals surface area contributed by atoms with Crippen molar-refractivity contribution in [1.29, 1.82) is 0 Å². The largest absolute Gasteiger partial charge is 0.301 e. The quantitative estimate of drug-likeness (QED) is 0.695. The summed E-state index contributed by atoms with van der Waals surface area (Å²) in [5.41, 5.74) is 3.88. The third kappa shape index (κ3) is 5.42. The molecule has 0 atom stereocenters. The summed E-state index contributed by atoms with van der Waals surface area (Å²) >= 11 is 0. The summed E-state index contributed by atoms with van der Waals surface area (Å²) in [5.74, 6) is 0.947. The molecule has 30 heavy (non-hydrogen) atoms. The van der Waals surface area contributed by atoms with Crippen molar-refractivity contribution < 1.29 is 8.42 Å². The van der Waals surface area contributed by atoms with E-state index < -0.39 is 10.0 Å². The molecule has 0 radical (unpaired) electrons. The zero-order chi connectivity index (χ0) is 21.1. The number of rotatable bonds is 8. The van der Waals surface area contributed by atoms with E-state index in [1.54, 1.807) is 12.1 Å². The normalized spacial score (nSPS) is 18.5. The van der Waals surface area contributed by atoms with Gasteiger partial charge in [-0.2, -0.15) is 0 Å². The number of hydrogen-bond acceptors (Lipinski definition) is 4. The first-order valence-corrected chi connectivity index (χ1v) is 12.6. The van der Waals surface area contributed by atoms with E-state index >= 15 is 0 Å². The van der Waals surface area contributed by atoms with E-state index in [4.69, 9.17) is 0 Å². The Morgan fingerprint density at radius 3 is 2.20 bits per heavy atom. The lowest BCUT2D eigenvalue weighted by Crippen LogP contribution is -2.46. The molecule has 1 saturated carbocycles. The maximum Gasteiger partial charge on any atom is 0.261 e. The van der Waals surface area contributed by atoms with E-state index in [0.29, 0.717) is 10.6 Å². The lowest BCUT2D eigenvalue weighted by molar-refractivity contribution is 0.123. The Bertz CT molecular complexity index is 960. The standard InChI is InChI=1S/C24H33N3O2S/c1-3-20-8-10-23(11-9-20)30(28,29)25-24-16-22(5-4-19(24)2)18-27-14-12-26(13-15-27)17-21-6-7-21/h4-5,8-11,16,21,25H,3,6-7,12-15,17-18H2,1-2H3. The second-order valence-electron chi connectivity index (χ2n) is 8.77. The second kappa shape index (κ2) is 9.08. The van der Waals surface area contributed by atoms with Crippen molar-refractivity contribution in [2.24, 2.45) is 5.92 Å². The fourth-order valence-electron chi connectivity index (χ4n) is 4.04. The summed E-state index contributed by atoms with van der Waals surface area (Å²) in [6, 6.07) is 13.2.